The molecule has 1 saturated heterocycles. The van der Waals surface area contributed by atoms with Crippen molar-refractivity contribution in [1.82, 2.24) is 4.90 Å². The van der Waals surface area contributed by atoms with Crippen molar-refractivity contribution < 1.29 is 27.5 Å². The van der Waals surface area contributed by atoms with E-state index in [1.165, 1.54) is 4.90 Å². The maximum Gasteiger partial charge on any atom is 0.339 e. The second-order valence-corrected chi connectivity index (χ2v) is 8.90. The lowest BCUT2D eigenvalue weighted by Crippen LogP contribution is -2.43. The van der Waals surface area contributed by atoms with Crippen LogP contribution in [-0.2, 0) is 19.4 Å². The van der Waals surface area contributed by atoms with Gasteiger partial charge in [-0.1, -0.05) is 24.3 Å². The molecular weight excluding hydrogens is 382 g/mol. The van der Waals surface area contributed by atoms with Gasteiger partial charge in [0.1, 0.15) is 5.75 Å². The van der Waals surface area contributed by atoms with Gasteiger partial charge in [-0.2, -0.15) is 0 Å². The van der Waals surface area contributed by atoms with E-state index in [1.807, 2.05) is 18.2 Å². The fourth-order valence-corrected chi connectivity index (χ4v) is 5.31. The first-order chi connectivity index (χ1) is 13.4. The average Bonchev–Trinajstić information content (AvgIpc) is 3.05. The molecule has 1 amide bonds. The van der Waals surface area contributed by atoms with Crippen molar-refractivity contribution in [2.45, 2.75) is 19.4 Å². The predicted molar refractivity (Wildman–Crippen MR) is 105 cm³/mol. The lowest BCUT2D eigenvalue weighted by Gasteiger charge is -2.26. The summed E-state index contributed by atoms with van der Waals surface area (Å²) in [4.78, 5) is 26.6. The Morgan fingerprint density at radius 2 is 1.86 bits per heavy atom. The molecular formula is C20H23NO6S. The van der Waals surface area contributed by atoms with Crippen LogP contribution in [0, 0.1) is 0 Å². The zero-order valence-corrected chi connectivity index (χ0v) is 16.7. The number of hydrogen-bond donors (Lipinski definition) is 0. The maximum atomic E-state index is 12.6. The molecule has 0 saturated carbocycles. The molecule has 150 valence electrons. The van der Waals surface area contributed by atoms with Crippen LogP contribution in [0.2, 0.25) is 0 Å². The van der Waals surface area contributed by atoms with Gasteiger partial charge in [-0.15, -0.1) is 0 Å². The molecule has 0 aromatic heterocycles. The number of benzene rings is 2. The molecule has 1 aliphatic rings. The molecule has 0 aliphatic carbocycles. The van der Waals surface area contributed by atoms with Crippen LogP contribution in [-0.4, -0.2) is 63.0 Å². The molecule has 0 unspecified atom stereocenters. The van der Waals surface area contributed by atoms with Crippen molar-refractivity contribution in [2.24, 2.45) is 0 Å². The predicted octanol–water partition coefficient (Wildman–Crippen LogP) is 2.04. The fraction of sp³-hybridized carbons (Fsp3) is 0.400. The Labute approximate surface area is 164 Å². The van der Waals surface area contributed by atoms with Gasteiger partial charge in [0.25, 0.3) is 5.91 Å². The minimum absolute atomic E-state index is 0.0381. The normalized spacial score (nSPS) is 18.0. The molecule has 0 spiro atoms. The third-order valence-corrected chi connectivity index (χ3v) is 6.71. The molecule has 28 heavy (non-hydrogen) atoms. The molecule has 0 N–H and O–H groups in total. The molecule has 2 aromatic carbocycles. The van der Waals surface area contributed by atoms with Crippen molar-refractivity contribution in [3.05, 3.63) is 42.0 Å². The number of carbonyl (C=O) groups is 2. The standard InChI is InChI=1S/C20H23NO6S/c1-3-21(14-10-11-28(24,25)13-14)19(22)12-27-20(23)17-8-9-18(26-2)16-7-5-4-6-15(16)17/h4-9,14H,3,10-13H2,1-2H3/t14-/m1/s1. The van der Waals surface area contributed by atoms with Gasteiger partial charge in [0.05, 0.1) is 24.2 Å². The summed E-state index contributed by atoms with van der Waals surface area (Å²) in [5.41, 5.74) is 0.343. The second kappa shape index (κ2) is 8.18. The summed E-state index contributed by atoms with van der Waals surface area (Å²) in [6.45, 7) is 1.72. The van der Waals surface area contributed by atoms with Crippen LogP contribution in [0.15, 0.2) is 36.4 Å². The van der Waals surface area contributed by atoms with Gasteiger partial charge in [0.2, 0.25) is 0 Å². The summed E-state index contributed by atoms with van der Waals surface area (Å²) >= 11 is 0. The molecule has 1 aliphatic heterocycles. The number of fused-ring (bicyclic) bond motifs is 1. The highest BCUT2D eigenvalue weighted by atomic mass is 32.2. The molecule has 8 heteroatoms. The molecule has 0 radical (unpaired) electrons. The van der Waals surface area contributed by atoms with E-state index >= 15 is 0 Å². The van der Waals surface area contributed by atoms with Crippen molar-refractivity contribution >= 4 is 32.5 Å². The highest BCUT2D eigenvalue weighted by Crippen LogP contribution is 2.28. The van der Waals surface area contributed by atoms with E-state index in [1.54, 1.807) is 32.2 Å². The first kappa shape index (κ1) is 20.1. The monoisotopic (exact) mass is 405 g/mol. The van der Waals surface area contributed by atoms with E-state index in [9.17, 15) is 18.0 Å². The van der Waals surface area contributed by atoms with Gasteiger partial charge in [0, 0.05) is 18.0 Å². The van der Waals surface area contributed by atoms with Crippen LogP contribution in [0.1, 0.15) is 23.7 Å². The summed E-state index contributed by atoms with van der Waals surface area (Å²) in [5, 5.41) is 1.45. The van der Waals surface area contributed by atoms with Gasteiger partial charge in [-0.3, -0.25) is 4.79 Å². The molecule has 7 nitrogen and oxygen atoms in total. The van der Waals surface area contributed by atoms with E-state index in [0.29, 0.717) is 29.7 Å². The highest BCUT2D eigenvalue weighted by molar-refractivity contribution is 7.91. The van der Waals surface area contributed by atoms with E-state index in [4.69, 9.17) is 9.47 Å². The minimum atomic E-state index is -3.10. The first-order valence-corrected chi connectivity index (χ1v) is 10.9. The van der Waals surface area contributed by atoms with Crippen molar-refractivity contribution in [2.75, 3.05) is 31.8 Å². The zero-order valence-electron chi connectivity index (χ0n) is 15.9. The first-order valence-electron chi connectivity index (χ1n) is 9.09. The SMILES string of the molecule is CCN(C(=O)COC(=O)c1ccc(OC)c2ccccc12)[C@@H]1CCS(=O)(=O)C1. The van der Waals surface area contributed by atoms with Crippen LogP contribution < -0.4 is 4.74 Å². The van der Waals surface area contributed by atoms with Crippen LogP contribution in [0.4, 0.5) is 0 Å². The second-order valence-electron chi connectivity index (χ2n) is 6.67. The molecule has 1 fully saturated rings. The maximum absolute atomic E-state index is 12.6. The lowest BCUT2D eigenvalue weighted by molar-refractivity contribution is -0.136. The Kier molecular flexibility index (Phi) is 5.88. The Morgan fingerprint density at radius 1 is 1.14 bits per heavy atom. The van der Waals surface area contributed by atoms with Gasteiger partial charge in [0.15, 0.2) is 16.4 Å². The van der Waals surface area contributed by atoms with Crippen molar-refractivity contribution in [3.8, 4) is 5.75 Å². The fourth-order valence-electron chi connectivity index (χ4n) is 3.57. The third kappa shape index (κ3) is 4.11. The Morgan fingerprint density at radius 3 is 2.46 bits per heavy atom. The summed E-state index contributed by atoms with van der Waals surface area (Å²) in [6, 6.07) is 10.2. The smallest absolute Gasteiger partial charge is 0.339 e. The lowest BCUT2D eigenvalue weighted by atomic mass is 10.0. The van der Waals surface area contributed by atoms with Crippen LogP contribution in [0.3, 0.4) is 0 Å². The number of likely N-dealkylation sites (N-methyl/N-ethyl adjacent to an activating group) is 1. The summed E-state index contributed by atoms with van der Waals surface area (Å²) in [7, 11) is -1.55. The Bertz CT molecular complexity index is 1000. The number of methoxy groups -OCH3 is 1. The number of rotatable bonds is 6. The number of hydrogen-bond acceptors (Lipinski definition) is 6. The Balaban J connectivity index is 1.72. The molecule has 2 aromatic rings. The minimum Gasteiger partial charge on any atom is -0.496 e. The number of ether oxygens (including phenoxy) is 2. The van der Waals surface area contributed by atoms with E-state index in [-0.39, 0.29) is 17.5 Å². The molecule has 0 bridgehead atoms. The van der Waals surface area contributed by atoms with Crippen molar-refractivity contribution in [3.63, 3.8) is 0 Å². The number of carbonyl (C=O) groups excluding carboxylic acids is 2. The van der Waals surface area contributed by atoms with Crippen LogP contribution >= 0.6 is 0 Å². The van der Waals surface area contributed by atoms with E-state index in [2.05, 4.69) is 0 Å². The van der Waals surface area contributed by atoms with E-state index in [0.717, 1.165) is 5.39 Å². The average molecular weight is 405 g/mol. The van der Waals surface area contributed by atoms with Crippen LogP contribution in [0.25, 0.3) is 10.8 Å². The quantitative estimate of drug-likeness (QED) is 0.683. The summed E-state index contributed by atoms with van der Waals surface area (Å²) in [5.74, 6) is -0.316. The molecule has 1 atom stereocenters. The number of amides is 1. The number of esters is 1. The molecule has 3 rings (SSSR count). The van der Waals surface area contributed by atoms with Gasteiger partial charge in [-0.25, -0.2) is 13.2 Å². The van der Waals surface area contributed by atoms with E-state index < -0.39 is 28.3 Å². The molecule has 1 heterocycles. The summed E-state index contributed by atoms with van der Waals surface area (Å²) in [6.07, 6.45) is 0.416. The van der Waals surface area contributed by atoms with Gasteiger partial charge < -0.3 is 14.4 Å². The largest absolute Gasteiger partial charge is 0.496 e. The van der Waals surface area contributed by atoms with Gasteiger partial charge in [-0.05, 0) is 30.9 Å². The number of nitrogens with zero attached hydrogens (tertiary/aromatic N) is 1. The zero-order chi connectivity index (χ0) is 20.3. The van der Waals surface area contributed by atoms with Crippen molar-refractivity contribution in [1.29, 1.82) is 0 Å². The Hall–Kier alpha value is -2.61. The van der Waals surface area contributed by atoms with Gasteiger partial charge >= 0.3 is 5.97 Å². The topological polar surface area (TPSA) is 90.0 Å². The third-order valence-electron chi connectivity index (χ3n) is 4.96. The van der Waals surface area contributed by atoms with Crippen LogP contribution in [0.5, 0.6) is 5.75 Å². The number of sulfone groups is 1. The summed E-state index contributed by atoms with van der Waals surface area (Å²) < 4.78 is 33.9. The highest BCUT2D eigenvalue weighted by Gasteiger charge is 2.34.